The average Bonchev–Trinajstić information content (AvgIpc) is 3.66. The fourth-order valence-corrected chi connectivity index (χ4v) is 4.74. The third-order valence-electron chi connectivity index (χ3n) is 6.76. The first-order valence-electron chi connectivity index (χ1n) is 11.4. The number of sulfonamides is 1. The molecule has 1 aromatic heterocycles. The number of benzene rings is 1. The second-order valence-electron chi connectivity index (χ2n) is 9.33. The van der Waals surface area contributed by atoms with E-state index in [-0.39, 0.29) is 35.7 Å². The summed E-state index contributed by atoms with van der Waals surface area (Å²) >= 11 is 0. The Balaban J connectivity index is 1.42. The van der Waals surface area contributed by atoms with Crippen molar-refractivity contribution < 1.29 is 26.4 Å². The molecule has 1 aromatic carbocycles. The lowest BCUT2D eigenvalue weighted by Crippen LogP contribution is -2.44. The first kappa shape index (κ1) is 25.4. The van der Waals surface area contributed by atoms with Crippen molar-refractivity contribution >= 4 is 21.9 Å². The molecule has 2 aromatic rings. The Morgan fingerprint density at radius 3 is 2.37 bits per heavy atom. The SMILES string of the molecule is CN(c1ncc(C(=O)N2CCC([C@H](N)Cc3cc(F)c(F)cc3F)CC2)c(C2CC2)n1)S(C)(=O)=O. The molecule has 2 heterocycles. The summed E-state index contributed by atoms with van der Waals surface area (Å²) in [5.41, 5.74) is 7.21. The third kappa shape index (κ3) is 5.58. The van der Waals surface area contributed by atoms with Crippen LogP contribution in [0.15, 0.2) is 18.3 Å². The first-order valence-corrected chi connectivity index (χ1v) is 13.3. The predicted molar refractivity (Wildman–Crippen MR) is 124 cm³/mol. The number of likely N-dealkylation sites (tertiary alicyclic amines) is 1. The first-order chi connectivity index (χ1) is 16.5. The maximum Gasteiger partial charge on any atom is 0.257 e. The number of nitrogens with zero attached hydrogens (tertiary/aromatic N) is 4. The van der Waals surface area contributed by atoms with E-state index in [0.29, 0.717) is 43.3 Å². The fraction of sp³-hybridized carbons (Fsp3) is 0.522. The van der Waals surface area contributed by atoms with Gasteiger partial charge < -0.3 is 10.6 Å². The molecule has 190 valence electrons. The number of carbonyl (C=O) groups is 1. The second-order valence-corrected chi connectivity index (χ2v) is 11.3. The van der Waals surface area contributed by atoms with Gasteiger partial charge in [0.2, 0.25) is 16.0 Å². The van der Waals surface area contributed by atoms with Crippen molar-refractivity contribution in [2.45, 2.75) is 44.1 Å². The number of halogens is 3. The highest BCUT2D eigenvalue weighted by Crippen LogP contribution is 2.41. The smallest absolute Gasteiger partial charge is 0.257 e. The minimum atomic E-state index is -3.54. The number of nitrogens with two attached hydrogens (primary N) is 1. The number of amides is 1. The Labute approximate surface area is 202 Å². The molecule has 0 radical (unpaired) electrons. The minimum Gasteiger partial charge on any atom is -0.339 e. The van der Waals surface area contributed by atoms with Crippen molar-refractivity contribution in [3.05, 3.63) is 52.6 Å². The largest absolute Gasteiger partial charge is 0.339 e. The summed E-state index contributed by atoms with van der Waals surface area (Å²) in [7, 11) is -2.17. The molecule has 4 rings (SSSR count). The molecule has 0 spiro atoms. The molecule has 1 atom stereocenters. The zero-order chi connectivity index (χ0) is 25.5. The molecule has 1 aliphatic carbocycles. The lowest BCUT2D eigenvalue weighted by atomic mass is 9.86. The summed E-state index contributed by atoms with van der Waals surface area (Å²) < 4.78 is 65.4. The van der Waals surface area contributed by atoms with Crippen LogP contribution in [-0.2, 0) is 16.4 Å². The van der Waals surface area contributed by atoms with E-state index in [4.69, 9.17) is 5.73 Å². The lowest BCUT2D eigenvalue weighted by Gasteiger charge is -2.35. The van der Waals surface area contributed by atoms with E-state index in [9.17, 15) is 26.4 Å². The zero-order valence-corrected chi connectivity index (χ0v) is 20.4. The molecule has 8 nitrogen and oxygen atoms in total. The molecular formula is C23H28F3N5O3S. The molecule has 0 bridgehead atoms. The average molecular weight is 512 g/mol. The van der Waals surface area contributed by atoms with Gasteiger partial charge in [0.1, 0.15) is 5.82 Å². The zero-order valence-electron chi connectivity index (χ0n) is 19.5. The number of hydrogen-bond donors (Lipinski definition) is 1. The predicted octanol–water partition coefficient (Wildman–Crippen LogP) is 2.59. The lowest BCUT2D eigenvalue weighted by molar-refractivity contribution is 0.0676. The molecule has 0 unspecified atom stereocenters. The molecule has 1 aliphatic heterocycles. The summed E-state index contributed by atoms with van der Waals surface area (Å²) in [6.45, 7) is 0.846. The van der Waals surface area contributed by atoms with E-state index in [0.717, 1.165) is 29.5 Å². The van der Waals surface area contributed by atoms with Gasteiger partial charge in [-0.3, -0.25) is 4.79 Å². The maximum absolute atomic E-state index is 14.0. The summed E-state index contributed by atoms with van der Waals surface area (Å²) in [5.74, 6) is -3.30. The van der Waals surface area contributed by atoms with Crippen LogP contribution in [0, 0.1) is 23.4 Å². The Bertz CT molecular complexity index is 1230. The van der Waals surface area contributed by atoms with Gasteiger partial charge in [-0.15, -0.1) is 0 Å². The van der Waals surface area contributed by atoms with Crippen molar-refractivity contribution in [3.8, 4) is 0 Å². The summed E-state index contributed by atoms with van der Waals surface area (Å²) in [6.07, 6.45) is 5.41. The van der Waals surface area contributed by atoms with E-state index in [1.807, 2.05) is 0 Å². The van der Waals surface area contributed by atoms with Gasteiger partial charge in [-0.2, -0.15) is 0 Å². The van der Waals surface area contributed by atoms with Crippen LogP contribution in [0.5, 0.6) is 0 Å². The third-order valence-corrected chi connectivity index (χ3v) is 7.91. The number of piperidine rings is 1. The van der Waals surface area contributed by atoms with E-state index in [1.54, 1.807) is 4.90 Å². The number of rotatable bonds is 7. The maximum atomic E-state index is 14.0. The van der Waals surface area contributed by atoms with Crippen molar-refractivity contribution in [2.24, 2.45) is 11.7 Å². The summed E-state index contributed by atoms with van der Waals surface area (Å²) in [5, 5.41) is 0. The Hall–Kier alpha value is -2.73. The standard InChI is InChI=1S/C23H28F3N5O3S/c1-30(35(2,33)34)23-28-12-16(21(29-23)14-3-4-14)22(32)31-7-5-13(6-8-31)20(27)10-15-9-18(25)19(26)11-17(15)24/h9,11-14,20H,3-8,10,27H2,1-2H3/t20-/m1/s1. The Morgan fingerprint density at radius 1 is 1.14 bits per heavy atom. The van der Waals surface area contributed by atoms with E-state index >= 15 is 0 Å². The summed E-state index contributed by atoms with van der Waals surface area (Å²) in [6, 6.07) is 0.896. The van der Waals surface area contributed by atoms with Gasteiger partial charge in [0.25, 0.3) is 5.91 Å². The van der Waals surface area contributed by atoms with E-state index in [2.05, 4.69) is 9.97 Å². The van der Waals surface area contributed by atoms with Crippen LogP contribution in [0.1, 0.15) is 53.2 Å². The van der Waals surface area contributed by atoms with Crippen LogP contribution in [0.3, 0.4) is 0 Å². The highest BCUT2D eigenvalue weighted by Gasteiger charge is 2.34. The number of hydrogen-bond acceptors (Lipinski definition) is 6. The monoisotopic (exact) mass is 511 g/mol. The molecule has 2 fully saturated rings. The van der Waals surface area contributed by atoms with Crippen molar-refractivity contribution in [1.29, 1.82) is 0 Å². The van der Waals surface area contributed by atoms with E-state index < -0.39 is 33.5 Å². The van der Waals surface area contributed by atoms with Crippen LogP contribution in [0.4, 0.5) is 19.1 Å². The van der Waals surface area contributed by atoms with Crippen molar-refractivity contribution in [3.63, 3.8) is 0 Å². The van der Waals surface area contributed by atoms with E-state index in [1.165, 1.54) is 13.2 Å². The van der Waals surface area contributed by atoms with Crippen LogP contribution in [0.2, 0.25) is 0 Å². The van der Waals surface area contributed by atoms with Gasteiger partial charge in [-0.25, -0.2) is 35.9 Å². The molecule has 2 aliphatic rings. The van der Waals surface area contributed by atoms with Gasteiger partial charge in [0.15, 0.2) is 11.6 Å². The van der Waals surface area contributed by atoms with Crippen molar-refractivity contribution in [2.75, 3.05) is 30.7 Å². The Kier molecular flexibility index (Phi) is 7.05. The number of anilines is 1. The molecular weight excluding hydrogens is 483 g/mol. The van der Waals surface area contributed by atoms with Crippen LogP contribution in [0.25, 0.3) is 0 Å². The molecule has 1 saturated heterocycles. The van der Waals surface area contributed by atoms with Gasteiger partial charge in [0.05, 0.1) is 17.5 Å². The topological polar surface area (TPSA) is 109 Å². The minimum absolute atomic E-state index is 0.0171. The van der Waals surface area contributed by atoms with Gasteiger partial charge in [-0.1, -0.05) is 0 Å². The molecule has 2 N–H and O–H groups in total. The normalized spacial score (nSPS) is 17.9. The fourth-order valence-electron chi connectivity index (χ4n) is 4.36. The highest BCUT2D eigenvalue weighted by molar-refractivity contribution is 7.92. The second kappa shape index (κ2) is 9.73. The van der Waals surface area contributed by atoms with Crippen LogP contribution >= 0.6 is 0 Å². The highest BCUT2D eigenvalue weighted by atomic mass is 32.2. The molecule has 12 heteroatoms. The molecule has 1 saturated carbocycles. The van der Waals surface area contributed by atoms with Crippen LogP contribution < -0.4 is 10.0 Å². The molecule has 35 heavy (non-hydrogen) atoms. The number of carbonyl (C=O) groups excluding carboxylic acids is 1. The van der Waals surface area contributed by atoms with Gasteiger partial charge in [-0.05, 0) is 49.7 Å². The Morgan fingerprint density at radius 2 is 1.77 bits per heavy atom. The molecule has 1 amide bonds. The van der Waals surface area contributed by atoms with Gasteiger partial charge in [0, 0.05) is 44.4 Å². The summed E-state index contributed by atoms with van der Waals surface area (Å²) in [4.78, 5) is 23.5. The van der Waals surface area contributed by atoms with Gasteiger partial charge >= 0.3 is 0 Å². The quantitative estimate of drug-likeness (QED) is 0.573. The number of aromatic nitrogens is 2. The van der Waals surface area contributed by atoms with Crippen molar-refractivity contribution in [1.82, 2.24) is 14.9 Å². The van der Waals surface area contributed by atoms with Crippen LogP contribution in [-0.4, -0.2) is 61.6 Å².